The first-order valence-electron chi connectivity index (χ1n) is 7.59. The van der Waals surface area contributed by atoms with Gasteiger partial charge in [-0.15, -0.1) is 11.3 Å². The molecule has 0 aliphatic heterocycles. The first-order valence-corrected chi connectivity index (χ1v) is 8.85. The zero-order valence-corrected chi connectivity index (χ0v) is 15.8. The van der Waals surface area contributed by atoms with Crippen LogP contribution in [-0.4, -0.2) is 45.6 Å². The number of aromatic amines is 1. The Morgan fingerprint density at radius 1 is 1.41 bits per heavy atom. The maximum absolute atomic E-state index is 12.5. The monoisotopic (exact) mass is 411 g/mol. The lowest BCUT2D eigenvalue weighted by atomic mass is 9.91. The van der Waals surface area contributed by atoms with Crippen LogP contribution in [0.4, 0.5) is 0 Å². The Morgan fingerprint density at radius 3 is 2.81 bits per heavy atom. The molecule has 3 aromatic rings. The summed E-state index contributed by atoms with van der Waals surface area (Å²) < 4.78 is 10.9. The van der Waals surface area contributed by atoms with Gasteiger partial charge in [0.25, 0.3) is 5.56 Å². The van der Waals surface area contributed by atoms with Crippen LogP contribution in [0.1, 0.15) is 34.0 Å². The van der Waals surface area contributed by atoms with Crippen LogP contribution in [0.15, 0.2) is 22.6 Å². The van der Waals surface area contributed by atoms with Crippen molar-refractivity contribution in [2.45, 2.75) is 12.3 Å². The summed E-state index contributed by atoms with van der Waals surface area (Å²) in [5, 5.41) is 12.4. The summed E-state index contributed by atoms with van der Waals surface area (Å²) in [7, 11) is 2.34. The molecule has 3 heterocycles. The van der Waals surface area contributed by atoms with Crippen LogP contribution in [0, 0.1) is 0 Å². The molecule has 27 heavy (non-hydrogen) atoms. The van der Waals surface area contributed by atoms with E-state index >= 15 is 0 Å². The van der Waals surface area contributed by atoms with Crippen LogP contribution in [0.25, 0.3) is 4.96 Å². The number of nitrogens with one attached hydrogen (secondary N) is 1. The topological polar surface area (TPSA) is 123 Å². The summed E-state index contributed by atoms with van der Waals surface area (Å²) in [5.41, 5.74) is -0.821. The molecule has 0 bridgehead atoms. The normalized spacial score (nSPS) is 12.1. The van der Waals surface area contributed by atoms with E-state index in [9.17, 15) is 19.5 Å². The molecule has 0 amide bonds. The number of pyridine rings is 1. The average molecular weight is 412 g/mol. The smallest absolute Gasteiger partial charge is 0.343 e. The van der Waals surface area contributed by atoms with Crippen molar-refractivity contribution in [2.75, 3.05) is 14.2 Å². The molecule has 142 valence electrons. The van der Waals surface area contributed by atoms with Crippen molar-refractivity contribution in [1.82, 2.24) is 14.4 Å². The number of aromatic nitrogens is 3. The third-order valence-corrected chi connectivity index (χ3v) is 5.07. The number of thiazole rings is 1. The van der Waals surface area contributed by atoms with Gasteiger partial charge in [-0.05, 0) is 0 Å². The summed E-state index contributed by atoms with van der Waals surface area (Å²) >= 11 is 7.56. The lowest BCUT2D eigenvalue weighted by Crippen LogP contribution is -2.23. The number of rotatable bonds is 5. The van der Waals surface area contributed by atoms with Crippen LogP contribution in [0.2, 0.25) is 5.15 Å². The third kappa shape index (κ3) is 3.28. The maximum Gasteiger partial charge on any atom is 0.343 e. The second-order valence-corrected chi connectivity index (χ2v) is 6.69. The number of halogens is 1. The molecule has 9 nitrogen and oxygen atoms in total. The first-order chi connectivity index (χ1) is 12.9. The highest BCUT2D eigenvalue weighted by Crippen LogP contribution is 2.38. The van der Waals surface area contributed by atoms with Gasteiger partial charge in [-0.1, -0.05) is 11.6 Å². The Kier molecular flexibility index (Phi) is 5.19. The fourth-order valence-corrected chi connectivity index (χ4v) is 3.87. The minimum atomic E-state index is -1.01. The van der Waals surface area contributed by atoms with Gasteiger partial charge in [0.05, 0.1) is 31.9 Å². The van der Waals surface area contributed by atoms with E-state index in [1.54, 1.807) is 16.0 Å². The summed E-state index contributed by atoms with van der Waals surface area (Å²) in [6.45, 7) is 0. The number of esters is 2. The summed E-state index contributed by atoms with van der Waals surface area (Å²) in [5.74, 6) is -3.09. The van der Waals surface area contributed by atoms with Gasteiger partial charge in [0.15, 0.2) is 10.1 Å². The van der Waals surface area contributed by atoms with Crippen molar-refractivity contribution >= 4 is 39.8 Å². The van der Waals surface area contributed by atoms with Crippen molar-refractivity contribution in [3.05, 3.63) is 50.1 Å². The third-order valence-electron chi connectivity index (χ3n) is 4.04. The van der Waals surface area contributed by atoms with Gasteiger partial charge in [0.2, 0.25) is 0 Å². The van der Waals surface area contributed by atoms with Crippen molar-refractivity contribution < 1.29 is 24.2 Å². The SMILES string of the molecule is COC(=O)CC(c1c(O)c(C(=O)OC)c[nH]c1=O)c1c(Cl)nc2sccn12. The standard InChI is InChI=1S/C16H14ClN3O6S/c1-25-9(21)5-7(11-13(17)19-16-20(11)3-4-27-16)10-12(22)8(15(24)26-2)6-18-14(10)23/h3-4,6-7H,5H2,1-2H3,(H2,18,22,23). The predicted molar refractivity (Wildman–Crippen MR) is 96.6 cm³/mol. The summed E-state index contributed by atoms with van der Waals surface area (Å²) in [4.78, 5) is 43.5. The Labute approximate surface area is 161 Å². The maximum atomic E-state index is 12.5. The fraction of sp³-hybridized carbons (Fsp3) is 0.250. The molecule has 0 spiro atoms. The molecule has 0 saturated heterocycles. The zero-order chi connectivity index (χ0) is 19.7. The number of imidazole rings is 1. The minimum Gasteiger partial charge on any atom is -0.506 e. The number of aromatic hydroxyl groups is 1. The Balaban J connectivity index is 2.28. The Bertz CT molecular complexity index is 1090. The molecular weight excluding hydrogens is 398 g/mol. The quantitative estimate of drug-likeness (QED) is 0.615. The summed E-state index contributed by atoms with van der Waals surface area (Å²) in [6, 6.07) is 0. The van der Waals surface area contributed by atoms with Gasteiger partial charge < -0.3 is 19.6 Å². The lowest BCUT2D eigenvalue weighted by Gasteiger charge is -2.17. The number of methoxy groups -OCH3 is 2. The predicted octanol–water partition coefficient (Wildman–Crippen LogP) is 1.92. The highest BCUT2D eigenvalue weighted by molar-refractivity contribution is 7.15. The number of hydrogen-bond acceptors (Lipinski definition) is 8. The van der Waals surface area contributed by atoms with E-state index in [0.29, 0.717) is 10.7 Å². The molecule has 3 aromatic heterocycles. The molecule has 0 fully saturated rings. The number of carbonyl (C=O) groups excluding carboxylic acids is 2. The number of fused-ring (bicyclic) bond motifs is 1. The molecule has 0 radical (unpaired) electrons. The van der Waals surface area contributed by atoms with E-state index in [2.05, 4.69) is 14.7 Å². The van der Waals surface area contributed by atoms with Crippen molar-refractivity contribution in [3.63, 3.8) is 0 Å². The van der Waals surface area contributed by atoms with Gasteiger partial charge in [0.1, 0.15) is 11.3 Å². The lowest BCUT2D eigenvalue weighted by molar-refractivity contribution is -0.140. The fourth-order valence-electron chi connectivity index (χ4n) is 2.80. The van der Waals surface area contributed by atoms with Crippen LogP contribution in [-0.2, 0) is 14.3 Å². The molecule has 2 N–H and O–H groups in total. The molecule has 0 saturated carbocycles. The molecule has 0 aliphatic rings. The Hall–Kier alpha value is -2.85. The van der Waals surface area contributed by atoms with Crippen LogP contribution < -0.4 is 5.56 Å². The van der Waals surface area contributed by atoms with E-state index in [1.165, 1.54) is 18.4 Å². The average Bonchev–Trinajstić information content (AvgIpc) is 3.20. The van der Waals surface area contributed by atoms with E-state index in [4.69, 9.17) is 16.3 Å². The van der Waals surface area contributed by atoms with Gasteiger partial charge >= 0.3 is 11.9 Å². The van der Waals surface area contributed by atoms with Crippen molar-refractivity contribution in [1.29, 1.82) is 0 Å². The van der Waals surface area contributed by atoms with Gasteiger partial charge in [-0.3, -0.25) is 14.0 Å². The van der Waals surface area contributed by atoms with Gasteiger partial charge in [-0.25, -0.2) is 9.78 Å². The second kappa shape index (κ2) is 7.41. The molecule has 1 unspecified atom stereocenters. The van der Waals surface area contributed by atoms with Gasteiger partial charge in [-0.2, -0.15) is 0 Å². The van der Waals surface area contributed by atoms with Crippen molar-refractivity contribution in [3.8, 4) is 5.75 Å². The van der Waals surface area contributed by atoms with Crippen LogP contribution in [0.5, 0.6) is 5.75 Å². The molecule has 0 aliphatic carbocycles. The van der Waals surface area contributed by atoms with Crippen LogP contribution in [0.3, 0.4) is 0 Å². The number of H-pyrrole nitrogens is 1. The second-order valence-electron chi connectivity index (χ2n) is 5.46. The van der Waals surface area contributed by atoms with Crippen LogP contribution >= 0.6 is 22.9 Å². The number of ether oxygens (including phenoxy) is 2. The number of hydrogen-bond donors (Lipinski definition) is 2. The molecule has 11 heteroatoms. The molecule has 0 aromatic carbocycles. The van der Waals surface area contributed by atoms with Crippen molar-refractivity contribution in [2.24, 2.45) is 0 Å². The summed E-state index contributed by atoms with van der Waals surface area (Å²) in [6.07, 6.45) is 2.41. The molecule has 1 atom stereocenters. The van der Waals surface area contributed by atoms with E-state index < -0.39 is 29.2 Å². The van der Waals surface area contributed by atoms with E-state index in [0.717, 1.165) is 13.3 Å². The van der Waals surface area contributed by atoms with E-state index in [-0.39, 0.29) is 22.7 Å². The zero-order valence-electron chi connectivity index (χ0n) is 14.2. The highest BCUT2D eigenvalue weighted by Gasteiger charge is 2.32. The van der Waals surface area contributed by atoms with E-state index in [1.807, 2.05) is 0 Å². The molecular formula is C16H14ClN3O6S. The number of nitrogens with zero attached hydrogens (tertiary/aromatic N) is 2. The molecule has 3 rings (SSSR count). The Morgan fingerprint density at radius 2 is 2.15 bits per heavy atom. The number of carbonyl (C=O) groups is 2. The largest absolute Gasteiger partial charge is 0.506 e. The van der Waals surface area contributed by atoms with Gasteiger partial charge in [0, 0.05) is 23.7 Å². The highest BCUT2D eigenvalue weighted by atomic mass is 35.5. The minimum absolute atomic E-state index is 0.0676. The first kappa shape index (κ1) is 18.9.